The fourth-order valence-electron chi connectivity index (χ4n) is 2.95. The number of nitrogens with zero attached hydrogens (tertiary/aromatic N) is 3. The van der Waals surface area contributed by atoms with Gasteiger partial charge in [0.1, 0.15) is 5.82 Å². The smallest absolute Gasteiger partial charge is 0.366 e. The molecular weight excluding hydrogens is 389 g/mol. The molecule has 0 atom stereocenters. The first-order valence-corrected chi connectivity index (χ1v) is 9.24. The highest BCUT2D eigenvalue weighted by atomic mass is 19.4. The van der Waals surface area contributed by atoms with Crippen molar-refractivity contribution in [3.63, 3.8) is 0 Å². The van der Waals surface area contributed by atoms with Gasteiger partial charge in [0, 0.05) is 36.1 Å². The van der Waals surface area contributed by atoms with E-state index in [1.54, 1.807) is 36.7 Å². The second-order valence-corrected chi connectivity index (χ2v) is 6.62. The summed E-state index contributed by atoms with van der Waals surface area (Å²) in [4.78, 5) is 13.1. The third-order valence-electron chi connectivity index (χ3n) is 4.45. The van der Waals surface area contributed by atoms with Crippen LogP contribution in [0.3, 0.4) is 0 Å². The number of alkyl halides is 3. The van der Waals surface area contributed by atoms with E-state index in [0.29, 0.717) is 35.0 Å². The molecule has 30 heavy (non-hydrogen) atoms. The number of hydrogen-bond acceptors (Lipinski definition) is 4. The maximum absolute atomic E-state index is 13.2. The van der Waals surface area contributed by atoms with E-state index in [2.05, 4.69) is 20.3 Å². The molecule has 0 aliphatic carbocycles. The monoisotopic (exact) mass is 406 g/mol. The second-order valence-electron chi connectivity index (χ2n) is 6.62. The molecule has 2 aromatic heterocycles. The minimum absolute atomic E-state index is 0.361. The summed E-state index contributed by atoms with van der Waals surface area (Å²) in [6.07, 6.45) is -1.18. The van der Waals surface area contributed by atoms with Crippen molar-refractivity contribution in [2.24, 2.45) is 0 Å². The van der Waals surface area contributed by atoms with Crippen LogP contribution in [0.25, 0.3) is 22.6 Å². The zero-order valence-corrected chi connectivity index (χ0v) is 15.8. The number of rotatable bonds is 5. The fourth-order valence-corrected chi connectivity index (χ4v) is 2.95. The molecule has 0 radical (unpaired) electrons. The van der Waals surface area contributed by atoms with Gasteiger partial charge in [-0.05, 0) is 29.8 Å². The quantitative estimate of drug-likeness (QED) is 0.453. The molecule has 0 bridgehead atoms. The highest BCUT2D eigenvalue weighted by molar-refractivity contribution is 5.67. The van der Waals surface area contributed by atoms with Crippen molar-refractivity contribution in [3.8, 4) is 22.6 Å². The van der Waals surface area contributed by atoms with Crippen molar-refractivity contribution in [3.05, 3.63) is 96.3 Å². The zero-order valence-electron chi connectivity index (χ0n) is 15.8. The first-order chi connectivity index (χ1) is 14.5. The summed E-state index contributed by atoms with van der Waals surface area (Å²) >= 11 is 0. The molecule has 2 heterocycles. The third-order valence-corrected chi connectivity index (χ3v) is 4.45. The normalized spacial score (nSPS) is 11.3. The van der Waals surface area contributed by atoms with E-state index in [1.807, 2.05) is 30.3 Å². The Labute approximate surface area is 171 Å². The summed E-state index contributed by atoms with van der Waals surface area (Å²) in [6.45, 7) is 0.520. The van der Waals surface area contributed by atoms with E-state index < -0.39 is 11.7 Å². The predicted octanol–water partition coefficient (Wildman–Crippen LogP) is 5.84. The number of nitrogens with one attached hydrogen (secondary N) is 1. The molecule has 0 saturated carbocycles. The van der Waals surface area contributed by atoms with Crippen LogP contribution in [0, 0.1) is 0 Å². The van der Waals surface area contributed by atoms with Gasteiger partial charge in [-0.1, -0.05) is 42.5 Å². The second kappa shape index (κ2) is 8.32. The minimum atomic E-state index is -4.43. The molecule has 4 nitrogen and oxygen atoms in total. The molecule has 4 aromatic rings. The van der Waals surface area contributed by atoms with Crippen LogP contribution in [-0.4, -0.2) is 15.0 Å². The molecule has 1 N–H and O–H groups in total. The Hall–Kier alpha value is -3.74. The fraction of sp³-hybridized carbons (Fsp3) is 0.0870. The molecule has 0 amide bonds. The summed E-state index contributed by atoms with van der Waals surface area (Å²) < 4.78 is 39.5. The average Bonchev–Trinajstić information content (AvgIpc) is 2.78. The first kappa shape index (κ1) is 19.6. The maximum Gasteiger partial charge on any atom is 0.416 e. The lowest BCUT2D eigenvalue weighted by Gasteiger charge is -2.12. The van der Waals surface area contributed by atoms with E-state index in [1.165, 1.54) is 6.07 Å². The number of benzene rings is 2. The standard InChI is InChI=1S/C23H17F3N4/c24-23(25,26)19-10-4-8-17(12-19)20-13-21(28-14-16-6-2-1-3-7-16)30-22(29-20)18-9-5-11-27-15-18/h1-13,15H,14H2,(H,28,29,30). The van der Waals surface area contributed by atoms with E-state index in [0.717, 1.165) is 17.7 Å². The highest BCUT2D eigenvalue weighted by Gasteiger charge is 2.30. The Balaban J connectivity index is 1.74. The number of pyridine rings is 1. The van der Waals surface area contributed by atoms with Crippen LogP contribution in [0.1, 0.15) is 11.1 Å². The van der Waals surface area contributed by atoms with Gasteiger partial charge < -0.3 is 5.32 Å². The van der Waals surface area contributed by atoms with Crippen molar-refractivity contribution < 1.29 is 13.2 Å². The van der Waals surface area contributed by atoms with Crippen LogP contribution in [0.2, 0.25) is 0 Å². The van der Waals surface area contributed by atoms with E-state index in [4.69, 9.17) is 0 Å². The van der Waals surface area contributed by atoms with Crippen molar-refractivity contribution in [2.75, 3.05) is 5.32 Å². The zero-order chi connectivity index (χ0) is 21.0. The van der Waals surface area contributed by atoms with Crippen LogP contribution in [0.5, 0.6) is 0 Å². The van der Waals surface area contributed by atoms with Crippen molar-refractivity contribution in [2.45, 2.75) is 12.7 Å². The van der Waals surface area contributed by atoms with Crippen LogP contribution in [0.15, 0.2) is 85.2 Å². The summed E-state index contributed by atoms with van der Waals surface area (Å²) in [5.74, 6) is 0.897. The summed E-state index contributed by atoms with van der Waals surface area (Å²) in [6, 6.07) is 20.1. The topological polar surface area (TPSA) is 50.7 Å². The van der Waals surface area contributed by atoms with E-state index >= 15 is 0 Å². The number of anilines is 1. The molecule has 0 aliphatic heterocycles. The highest BCUT2D eigenvalue weighted by Crippen LogP contribution is 2.32. The summed E-state index contributed by atoms with van der Waals surface area (Å²) in [5, 5.41) is 3.23. The molecule has 0 aliphatic rings. The maximum atomic E-state index is 13.2. The van der Waals surface area contributed by atoms with Gasteiger partial charge in [0.2, 0.25) is 0 Å². The predicted molar refractivity (Wildman–Crippen MR) is 109 cm³/mol. The Morgan fingerprint density at radius 3 is 2.33 bits per heavy atom. The van der Waals surface area contributed by atoms with E-state index in [-0.39, 0.29) is 0 Å². The Morgan fingerprint density at radius 2 is 1.60 bits per heavy atom. The molecule has 7 heteroatoms. The van der Waals surface area contributed by atoms with Gasteiger partial charge >= 0.3 is 6.18 Å². The van der Waals surface area contributed by atoms with Gasteiger partial charge in [0.25, 0.3) is 0 Å². The van der Waals surface area contributed by atoms with Gasteiger partial charge in [0.05, 0.1) is 11.3 Å². The van der Waals surface area contributed by atoms with E-state index in [9.17, 15) is 13.2 Å². The Morgan fingerprint density at radius 1 is 0.800 bits per heavy atom. The van der Waals surface area contributed by atoms with Gasteiger partial charge in [-0.3, -0.25) is 4.98 Å². The van der Waals surface area contributed by atoms with Crippen molar-refractivity contribution in [1.82, 2.24) is 15.0 Å². The molecule has 0 saturated heterocycles. The molecule has 4 rings (SSSR count). The molecule has 2 aromatic carbocycles. The third kappa shape index (κ3) is 4.63. The molecular formula is C23H17F3N4. The van der Waals surface area contributed by atoms with Gasteiger partial charge in [-0.15, -0.1) is 0 Å². The van der Waals surface area contributed by atoms with Crippen LogP contribution < -0.4 is 5.32 Å². The van der Waals surface area contributed by atoms with Gasteiger partial charge in [-0.25, -0.2) is 9.97 Å². The Kier molecular flexibility index (Phi) is 5.43. The van der Waals surface area contributed by atoms with Crippen LogP contribution >= 0.6 is 0 Å². The van der Waals surface area contributed by atoms with Crippen LogP contribution in [0.4, 0.5) is 19.0 Å². The van der Waals surface area contributed by atoms with Gasteiger partial charge in [0.15, 0.2) is 5.82 Å². The van der Waals surface area contributed by atoms with Crippen molar-refractivity contribution >= 4 is 5.82 Å². The SMILES string of the molecule is FC(F)(F)c1cccc(-c2cc(NCc3ccccc3)nc(-c3cccnc3)n2)c1. The lowest BCUT2D eigenvalue weighted by Crippen LogP contribution is -2.06. The van der Waals surface area contributed by atoms with Crippen molar-refractivity contribution in [1.29, 1.82) is 0 Å². The lowest BCUT2D eigenvalue weighted by molar-refractivity contribution is -0.137. The summed E-state index contributed by atoms with van der Waals surface area (Å²) in [7, 11) is 0. The summed E-state index contributed by atoms with van der Waals surface area (Å²) in [5.41, 5.74) is 1.76. The molecule has 0 fully saturated rings. The van der Waals surface area contributed by atoms with Gasteiger partial charge in [-0.2, -0.15) is 13.2 Å². The number of halogens is 3. The first-order valence-electron chi connectivity index (χ1n) is 9.24. The largest absolute Gasteiger partial charge is 0.416 e. The number of aromatic nitrogens is 3. The number of hydrogen-bond donors (Lipinski definition) is 1. The molecule has 0 spiro atoms. The van der Waals surface area contributed by atoms with Crippen LogP contribution in [-0.2, 0) is 12.7 Å². The lowest BCUT2D eigenvalue weighted by atomic mass is 10.1. The minimum Gasteiger partial charge on any atom is -0.366 e. The average molecular weight is 406 g/mol. The Bertz CT molecular complexity index is 1130. The molecule has 0 unspecified atom stereocenters. The molecule has 150 valence electrons.